The number of aryl methyl sites for hydroxylation is 1. The van der Waals surface area contributed by atoms with Crippen LogP contribution in [0.15, 0.2) is 48.7 Å². The van der Waals surface area contributed by atoms with E-state index in [1.807, 2.05) is 12.1 Å². The third-order valence-corrected chi connectivity index (χ3v) is 5.50. The molecule has 2 aromatic rings. The molecule has 4 rings (SSSR count). The van der Waals surface area contributed by atoms with Gasteiger partial charge in [0.1, 0.15) is 11.6 Å². The van der Waals surface area contributed by atoms with Crippen LogP contribution in [0.25, 0.3) is 11.6 Å². The van der Waals surface area contributed by atoms with Gasteiger partial charge in [0.15, 0.2) is 0 Å². The Kier molecular flexibility index (Phi) is 6.48. The lowest BCUT2D eigenvalue weighted by Gasteiger charge is -2.19. The molecule has 0 spiro atoms. The zero-order valence-electron chi connectivity index (χ0n) is 17.7. The van der Waals surface area contributed by atoms with E-state index in [1.165, 1.54) is 18.2 Å². The van der Waals surface area contributed by atoms with Crippen molar-refractivity contribution in [2.24, 2.45) is 0 Å². The molecule has 0 saturated heterocycles. The largest absolute Gasteiger partial charge is 0.573 e. The number of amides is 2. The highest BCUT2D eigenvalue weighted by Crippen LogP contribution is 2.33. The average Bonchev–Trinajstić information content (AvgIpc) is 3.03. The summed E-state index contributed by atoms with van der Waals surface area (Å²) in [5.74, 6) is 0.0633. The average molecular weight is 457 g/mol. The number of nitrogens with one attached hydrogen (secondary N) is 1. The molecule has 0 atom stereocenters. The van der Waals surface area contributed by atoms with Crippen molar-refractivity contribution in [2.45, 2.75) is 32.0 Å². The molecule has 9 heteroatoms. The van der Waals surface area contributed by atoms with Gasteiger partial charge in [0.05, 0.1) is 0 Å². The van der Waals surface area contributed by atoms with E-state index in [0.29, 0.717) is 50.2 Å². The Hall–Kier alpha value is -3.62. The monoisotopic (exact) mass is 457 g/mol. The lowest BCUT2D eigenvalue weighted by atomic mass is 10.0. The van der Waals surface area contributed by atoms with Crippen molar-refractivity contribution in [3.63, 3.8) is 0 Å². The van der Waals surface area contributed by atoms with Crippen LogP contribution in [0.3, 0.4) is 0 Å². The number of carbonyl (C=O) groups excluding carboxylic acids is 2. The summed E-state index contributed by atoms with van der Waals surface area (Å²) < 4.78 is 42.4. The molecule has 1 aromatic carbocycles. The van der Waals surface area contributed by atoms with Crippen molar-refractivity contribution in [1.29, 1.82) is 0 Å². The molecule has 0 aliphatic carbocycles. The van der Waals surface area contributed by atoms with Gasteiger partial charge >= 0.3 is 6.36 Å². The van der Waals surface area contributed by atoms with E-state index in [0.717, 1.165) is 16.7 Å². The molecule has 2 aliphatic rings. The number of alkyl halides is 3. The third kappa shape index (κ3) is 5.79. The molecule has 172 valence electrons. The van der Waals surface area contributed by atoms with Crippen LogP contribution in [-0.2, 0) is 16.0 Å². The summed E-state index contributed by atoms with van der Waals surface area (Å²) in [5, 5.41) is 2.72. The van der Waals surface area contributed by atoms with E-state index in [1.54, 1.807) is 29.3 Å². The lowest BCUT2D eigenvalue weighted by Crippen LogP contribution is -2.30. The van der Waals surface area contributed by atoms with Crippen molar-refractivity contribution in [3.05, 3.63) is 65.4 Å². The number of hydrogen-bond acceptors (Lipinski definition) is 4. The molecule has 2 aliphatic heterocycles. The van der Waals surface area contributed by atoms with E-state index in [-0.39, 0.29) is 17.6 Å². The highest BCUT2D eigenvalue weighted by atomic mass is 19.4. The molecule has 0 radical (unpaired) electrons. The number of pyridine rings is 1. The summed E-state index contributed by atoms with van der Waals surface area (Å²) in [6.45, 7) is 0.841. The standard InChI is InChI=1S/C24H22F3N3O3/c25-24(26,27)33-20-6-2-1-5-19(20)17-4-3-12-30(13-11-17)22(32)10-7-16-14-18-8-9-21(31)29-23(18)28-15-16/h1-2,4-7,10,14-15H,3,8-9,11-13H2,(H,28,29,31)/b10-7+. The van der Waals surface area contributed by atoms with Crippen LogP contribution < -0.4 is 10.1 Å². The first-order valence-corrected chi connectivity index (χ1v) is 10.6. The molecule has 0 unspecified atom stereocenters. The summed E-state index contributed by atoms with van der Waals surface area (Å²) in [5.41, 5.74) is 2.78. The second kappa shape index (κ2) is 9.48. The van der Waals surface area contributed by atoms with Crippen LogP contribution in [0.4, 0.5) is 19.0 Å². The zero-order chi connectivity index (χ0) is 23.4. The molecule has 1 N–H and O–H groups in total. The quantitative estimate of drug-likeness (QED) is 0.682. The number of anilines is 1. The predicted octanol–water partition coefficient (Wildman–Crippen LogP) is 4.58. The second-order valence-electron chi connectivity index (χ2n) is 7.80. The number of ether oxygens (including phenoxy) is 1. The Balaban J connectivity index is 1.40. The van der Waals surface area contributed by atoms with Crippen LogP contribution in [0.2, 0.25) is 0 Å². The molecule has 0 bridgehead atoms. The number of para-hydroxylation sites is 1. The van der Waals surface area contributed by atoms with Crippen molar-refractivity contribution in [2.75, 3.05) is 18.4 Å². The number of benzene rings is 1. The van der Waals surface area contributed by atoms with Gasteiger partial charge in [-0.3, -0.25) is 9.59 Å². The molecule has 1 aromatic heterocycles. The molecule has 6 nitrogen and oxygen atoms in total. The normalized spacial score (nSPS) is 16.6. The minimum atomic E-state index is -4.77. The number of aromatic nitrogens is 1. The fourth-order valence-electron chi connectivity index (χ4n) is 3.91. The Labute approximate surface area is 188 Å². The minimum Gasteiger partial charge on any atom is -0.405 e. The first-order valence-electron chi connectivity index (χ1n) is 10.6. The van der Waals surface area contributed by atoms with Crippen LogP contribution in [0.5, 0.6) is 5.75 Å². The maximum absolute atomic E-state index is 12.7. The first-order chi connectivity index (χ1) is 15.8. The number of halogens is 3. The van der Waals surface area contributed by atoms with Gasteiger partial charge in [-0.15, -0.1) is 13.2 Å². The van der Waals surface area contributed by atoms with Gasteiger partial charge in [-0.1, -0.05) is 24.3 Å². The van der Waals surface area contributed by atoms with Gasteiger partial charge in [0, 0.05) is 37.3 Å². The molecule has 0 fully saturated rings. The van der Waals surface area contributed by atoms with Crippen LogP contribution in [0, 0.1) is 0 Å². The van der Waals surface area contributed by atoms with Crippen molar-refractivity contribution in [1.82, 2.24) is 9.88 Å². The Bertz CT molecular complexity index is 1130. The second-order valence-corrected chi connectivity index (χ2v) is 7.80. The maximum atomic E-state index is 12.7. The van der Waals surface area contributed by atoms with Gasteiger partial charge in [0.2, 0.25) is 11.8 Å². The van der Waals surface area contributed by atoms with E-state index in [2.05, 4.69) is 15.0 Å². The minimum absolute atomic E-state index is 0.0600. The summed E-state index contributed by atoms with van der Waals surface area (Å²) in [7, 11) is 0. The number of hydrogen-bond donors (Lipinski definition) is 1. The van der Waals surface area contributed by atoms with Gasteiger partial charge in [-0.2, -0.15) is 0 Å². The van der Waals surface area contributed by atoms with Gasteiger partial charge in [-0.25, -0.2) is 4.98 Å². The van der Waals surface area contributed by atoms with Crippen LogP contribution in [-0.4, -0.2) is 41.2 Å². The van der Waals surface area contributed by atoms with E-state index >= 15 is 0 Å². The fraction of sp³-hybridized carbons (Fsp3) is 0.292. The number of fused-ring (bicyclic) bond motifs is 1. The number of carbonyl (C=O) groups is 2. The molecule has 33 heavy (non-hydrogen) atoms. The lowest BCUT2D eigenvalue weighted by molar-refractivity contribution is -0.274. The predicted molar refractivity (Wildman–Crippen MR) is 117 cm³/mol. The highest BCUT2D eigenvalue weighted by molar-refractivity contribution is 5.94. The SMILES string of the molecule is O=C1CCc2cc(/C=C/C(=O)N3CCC=C(c4ccccc4OC(F)(F)F)CC3)cnc2N1. The molecule has 3 heterocycles. The van der Waals surface area contributed by atoms with Crippen LogP contribution >= 0.6 is 0 Å². The van der Waals surface area contributed by atoms with E-state index in [4.69, 9.17) is 0 Å². The first kappa shape index (κ1) is 22.6. The zero-order valence-corrected chi connectivity index (χ0v) is 17.7. The number of rotatable bonds is 4. The van der Waals surface area contributed by atoms with Gasteiger partial charge in [0.25, 0.3) is 0 Å². The maximum Gasteiger partial charge on any atom is 0.573 e. The van der Waals surface area contributed by atoms with Crippen LogP contribution in [0.1, 0.15) is 36.0 Å². The molecule has 0 saturated carbocycles. The molecule has 2 amide bonds. The Morgan fingerprint density at radius 1 is 1.15 bits per heavy atom. The van der Waals surface area contributed by atoms with Gasteiger partial charge in [-0.05, 0) is 54.2 Å². The molecular formula is C24H22F3N3O3. The topological polar surface area (TPSA) is 71.5 Å². The van der Waals surface area contributed by atoms with Crippen molar-refractivity contribution >= 4 is 29.3 Å². The van der Waals surface area contributed by atoms with E-state index in [9.17, 15) is 22.8 Å². The summed E-state index contributed by atoms with van der Waals surface area (Å²) in [6, 6.07) is 7.93. The number of nitrogens with zero attached hydrogens (tertiary/aromatic N) is 2. The summed E-state index contributed by atoms with van der Waals surface area (Å²) in [6.07, 6.45) is 3.77. The Morgan fingerprint density at radius 2 is 1.97 bits per heavy atom. The molecular weight excluding hydrogens is 435 g/mol. The summed E-state index contributed by atoms with van der Waals surface area (Å²) >= 11 is 0. The Morgan fingerprint density at radius 3 is 2.79 bits per heavy atom. The van der Waals surface area contributed by atoms with Crippen molar-refractivity contribution < 1.29 is 27.5 Å². The smallest absolute Gasteiger partial charge is 0.405 e. The third-order valence-electron chi connectivity index (χ3n) is 5.50. The van der Waals surface area contributed by atoms with E-state index < -0.39 is 6.36 Å². The van der Waals surface area contributed by atoms with Crippen molar-refractivity contribution in [3.8, 4) is 5.75 Å². The highest BCUT2D eigenvalue weighted by Gasteiger charge is 2.32. The summed E-state index contributed by atoms with van der Waals surface area (Å²) in [4.78, 5) is 30.1. The van der Waals surface area contributed by atoms with Gasteiger partial charge < -0.3 is 15.0 Å². The fourth-order valence-corrected chi connectivity index (χ4v) is 3.91.